The molecular weight excluding hydrogens is 222 g/mol. The number of nitrogens with one attached hydrogen (secondary N) is 1. The first kappa shape index (κ1) is 11.5. The van der Waals surface area contributed by atoms with Crippen molar-refractivity contribution in [2.75, 3.05) is 11.9 Å². The molecule has 0 amide bonds. The normalized spacial score (nSPS) is 16.8. The van der Waals surface area contributed by atoms with Crippen LogP contribution in [0.2, 0.25) is 0 Å². The first-order valence-electron chi connectivity index (χ1n) is 6.70. The van der Waals surface area contributed by atoms with Crippen LogP contribution in [-0.4, -0.2) is 16.7 Å². The van der Waals surface area contributed by atoms with Gasteiger partial charge in [0.05, 0.1) is 5.69 Å². The van der Waals surface area contributed by atoms with Crippen molar-refractivity contribution >= 4 is 16.6 Å². The molecule has 0 atom stereocenters. The first-order valence-corrected chi connectivity index (χ1v) is 6.70. The van der Waals surface area contributed by atoms with Gasteiger partial charge in [0.1, 0.15) is 0 Å². The highest BCUT2D eigenvalue weighted by Crippen LogP contribution is 2.48. The molecule has 1 fully saturated rings. The number of aryl methyl sites for hydroxylation is 1. The lowest BCUT2D eigenvalue weighted by molar-refractivity contribution is 0.520. The summed E-state index contributed by atoms with van der Waals surface area (Å²) in [6.07, 6.45) is 3.93. The molecular formula is C15H19N3. The number of rotatable bonds is 4. The lowest BCUT2D eigenvalue weighted by Crippen LogP contribution is -2.15. The van der Waals surface area contributed by atoms with Crippen LogP contribution < -0.4 is 5.32 Å². The predicted molar refractivity (Wildman–Crippen MR) is 74.7 cm³/mol. The minimum Gasteiger partial charge on any atom is -0.368 e. The fraction of sp³-hybridized carbons (Fsp3) is 0.467. The van der Waals surface area contributed by atoms with Crippen molar-refractivity contribution in [2.45, 2.75) is 33.1 Å². The molecule has 1 N–H and O–H groups in total. The zero-order valence-corrected chi connectivity index (χ0v) is 11.0. The summed E-state index contributed by atoms with van der Waals surface area (Å²) in [6.45, 7) is 5.30. The Hall–Kier alpha value is -1.64. The van der Waals surface area contributed by atoms with Crippen molar-refractivity contribution in [3.05, 3.63) is 30.0 Å². The lowest BCUT2D eigenvalue weighted by Gasteiger charge is -2.15. The Morgan fingerprint density at radius 2 is 1.89 bits per heavy atom. The van der Waals surface area contributed by atoms with Gasteiger partial charge in [-0.05, 0) is 31.6 Å². The van der Waals surface area contributed by atoms with Crippen LogP contribution in [0, 0.1) is 12.3 Å². The molecule has 1 aliphatic carbocycles. The average Bonchev–Trinajstić information content (AvgIpc) is 3.19. The minimum atomic E-state index is 0.521. The topological polar surface area (TPSA) is 37.8 Å². The largest absolute Gasteiger partial charge is 0.368 e. The van der Waals surface area contributed by atoms with Crippen LogP contribution in [0.5, 0.6) is 0 Å². The summed E-state index contributed by atoms with van der Waals surface area (Å²) in [4.78, 5) is 0. The Morgan fingerprint density at radius 3 is 2.56 bits per heavy atom. The Kier molecular flexibility index (Phi) is 2.69. The summed E-state index contributed by atoms with van der Waals surface area (Å²) in [7, 11) is 0. The molecule has 3 rings (SSSR count). The van der Waals surface area contributed by atoms with Gasteiger partial charge in [-0.1, -0.05) is 31.2 Å². The van der Waals surface area contributed by atoms with E-state index in [2.05, 4.69) is 46.7 Å². The van der Waals surface area contributed by atoms with E-state index in [-0.39, 0.29) is 0 Å². The number of hydrogen-bond acceptors (Lipinski definition) is 3. The molecule has 1 saturated carbocycles. The van der Waals surface area contributed by atoms with Crippen LogP contribution >= 0.6 is 0 Å². The van der Waals surface area contributed by atoms with E-state index in [0.717, 1.165) is 18.1 Å². The van der Waals surface area contributed by atoms with Gasteiger partial charge < -0.3 is 5.32 Å². The molecule has 0 aliphatic heterocycles. The van der Waals surface area contributed by atoms with Gasteiger partial charge in [-0.15, -0.1) is 5.10 Å². The van der Waals surface area contributed by atoms with Crippen LogP contribution in [-0.2, 0) is 0 Å². The molecule has 0 unspecified atom stereocenters. The van der Waals surface area contributed by atoms with Gasteiger partial charge in [0.25, 0.3) is 0 Å². The van der Waals surface area contributed by atoms with Crippen molar-refractivity contribution in [2.24, 2.45) is 5.41 Å². The van der Waals surface area contributed by atoms with E-state index < -0.39 is 0 Å². The molecule has 3 nitrogen and oxygen atoms in total. The third-order valence-electron chi connectivity index (χ3n) is 4.21. The summed E-state index contributed by atoms with van der Waals surface area (Å²) in [5.74, 6) is 0.927. The monoisotopic (exact) mass is 241 g/mol. The van der Waals surface area contributed by atoms with E-state index in [1.54, 1.807) is 0 Å². The van der Waals surface area contributed by atoms with E-state index in [4.69, 9.17) is 0 Å². The van der Waals surface area contributed by atoms with Crippen LogP contribution in [0.4, 0.5) is 5.82 Å². The lowest BCUT2D eigenvalue weighted by atomic mass is 10.0. The van der Waals surface area contributed by atoms with Gasteiger partial charge >= 0.3 is 0 Å². The highest BCUT2D eigenvalue weighted by molar-refractivity contribution is 5.92. The third kappa shape index (κ3) is 1.94. The first-order chi connectivity index (χ1) is 8.74. The second-order valence-corrected chi connectivity index (χ2v) is 5.39. The Morgan fingerprint density at radius 1 is 1.17 bits per heavy atom. The molecule has 1 aromatic heterocycles. The molecule has 3 heteroatoms. The van der Waals surface area contributed by atoms with Crippen molar-refractivity contribution < 1.29 is 0 Å². The Balaban J connectivity index is 1.90. The van der Waals surface area contributed by atoms with Gasteiger partial charge in [0, 0.05) is 17.3 Å². The van der Waals surface area contributed by atoms with Crippen LogP contribution in [0.15, 0.2) is 24.3 Å². The molecule has 2 aromatic rings. The summed E-state index contributed by atoms with van der Waals surface area (Å²) >= 11 is 0. The second kappa shape index (κ2) is 4.23. The van der Waals surface area contributed by atoms with Crippen molar-refractivity contribution in [3.8, 4) is 0 Å². The number of nitrogens with zero attached hydrogens (tertiary/aromatic N) is 2. The molecule has 1 aliphatic rings. The average molecular weight is 241 g/mol. The fourth-order valence-electron chi connectivity index (χ4n) is 2.47. The molecule has 0 saturated heterocycles. The van der Waals surface area contributed by atoms with Crippen LogP contribution in [0.3, 0.4) is 0 Å². The van der Waals surface area contributed by atoms with Crippen LogP contribution in [0.25, 0.3) is 10.8 Å². The zero-order chi connectivity index (χ0) is 12.6. The van der Waals surface area contributed by atoms with Crippen molar-refractivity contribution in [1.82, 2.24) is 10.2 Å². The minimum absolute atomic E-state index is 0.521. The van der Waals surface area contributed by atoms with Crippen LogP contribution in [0.1, 0.15) is 31.9 Å². The van der Waals surface area contributed by atoms with Gasteiger partial charge in [-0.2, -0.15) is 5.10 Å². The molecule has 0 spiro atoms. The van der Waals surface area contributed by atoms with Crippen molar-refractivity contribution in [3.63, 3.8) is 0 Å². The fourth-order valence-corrected chi connectivity index (χ4v) is 2.47. The third-order valence-corrected chi connectivity index (χ3v) is 4.21. The van der Waals surface area contributed by atoms with Gasteiger partial charge in [-0.25, -0.2) is 0 Å². The standard InChI is InChI=1S/C15H19N3/c1-3-15(8-9-15)10-16-14-13-7-5-4-6-12(13)11(2)17-18-14/h4-7H,3,8-10H2,1-2H3,(H,16,18). The number of aromatic nitrogens is 2. The van der Waals surface area contributed by atoms with E-state index >= 15 is 0 Å². The Bertz CT molecular complexity index is 573. The summed E-state index contributed by atoms with van der Waals surface area (Å²) in [5.41, 5.74) is 1.51. The summed E-state index contributed by atoms with van der Waals surface area (Å²) in [5, 5.41) is 14.4. The molecule has 18 heavy (non-hydrogen) atoms. The van der Waals surface area contributed by atoms with Gasteiger partial charge in [0.2, 0.25) is 0 Å². The van der Waals surface area contributed by atoms with Gasteiger partial charge in [-0.3, -0.25) is 0 Å². The number of fused-ring (bicyclic) bond motifs is 1. The quantitative estimate of drug-likeness (QED) is 0.889. The zero-order valence-electron chi connectivity index (χ0n) is 11.0. The summed E-state index contributed by atoms with van der Waals surface area (Å²) in [6, 6.07) is 8.33. The van der Waals surface area contributed by atoms with Crippen molar-refractivity contribution in [1.29, 1.82) is 0 Å². The van der Waals surface area contributed by atoms with E-state index in [1.807, 2.05) is 6.92 Å². The maximum absolute atomic E-state index is 4.31. The Labute approximate surface area is 108 Å². The summed E-state index contributed by atoms with van der Waals surface area (Å²) < 4.78 is 0. The number of anilines is 1. The van der Waals surface area contributed by atoms with E-state index in [0.29, 0.717) is 5.41 Å². The SMILES string of the molecule is CCC1(CNc2nnc(C)c3ccccc23)CC1. The number of hydrogen-bond donors (Lipinski definition) is 1. The molecule has 0 bridgehead atoms. The second-order valence-electron chi connectivity index (χ2n) is 5.39. The van der Waals surface area contributed by atoms with E-state index in [9.17, 15) is 0 Å². The molecule has 0 radical (unpaired) electrons. The maximum atomic E-state index is 4.31. The van der Waals surface area contributed by atoms with E-state index in [1.165, 1.54) is 30.0 Å². The maximum Gasteiger partial charge on any atom is 0.156 e. The molecule has 1 aromatic carbocycles. The molecule has 1 heterocycles. The molecule has 94 valence electrons. The highest BCUT2D eigenvalue weighted by Gasteiger charge is 2.40. The van der Waals surface area contributed by atoms with Gasteiger partial charge in [0.15, 0.2) is 5.82 Å². The smallest absolute Gasteiger partial charge is 0.156 e. The highest BCUT2D eigenvalue weighted by atomic mass is 15.2. The predicted octanol–water partition coefficient (Wildman–Crippen LogP) is 3.54. The number of benzene rings is 1.